The van der Waals surface area contributed by atoms with Crippen molar-refractivity contribution in [2.45, 2.75) is 19.9 Å². The van der Waals surface area contributed by atoms with Gasteiger partial charge in [0.15, 0.2) is 0 Å². The molecule has 0 saturated carbocycles. The molecule has 0 radical (unpaired) electrons. The Labute approximate surface area is 112 Å². The van der Waals surface area contributed by atoms with Gasteiger partial charge < -0.3 is 9.88 Å². The molecule has 6 heteroatoms. The minimum Gasteiger partial charge on any atom is -0.333 e. The number of halogens is 1. The highest BCUT2D eigenvalue weighted by Crippen LogP contribution is 2.19. The Balaban J connectivity index is 2.11. The number of nitrogens with zero attached hydrogens (tertiary/aromatic N) is 4. The van der Waals surface area contributed by atoms with Crippen LogP contribution in [0.2, 0.25) is 5.15 Å². The van der Waals surface area contributed by atoms with Crippen LogP contribution in [0.15, 0.2) is 12.5 Å². The zero-order valence-electron chi connectivity index (χ0n) is 10.9. The minimum absolute atomic E-state index is 0.693. The normalized spacial score (nSPS) is 11.1. The summed E-state index contributed by atoms with van der Waals surface area (Å²) < 4.78 is 3.74. The topological polar surface area (TPSA) is 47.7 Å². The Morgan fingerprint density at radius 1 is 1.44 bits per heavy atom. The van der Waals surface area contributed by atoms with E-state index in [2.05, 4.69) is 21.6 Å². The van der Waals surface area contributed by atoms with E-state index in [1.807, 2.05) is 31.9 Å². The van der Waals surface area contributed by atoms with Gasteiger partial charge in [-0.1, -0.05) is 11.6 Å². The van der Waals surface area contributed by atoms with Gasteiger partial charge in [-0.05, 0) is 14.0 Å². The number of aromatic nitrogens is 4. The summed E-state index contributed by atoms with van der Waals surface area (Å²) in [5, 5.41) is 8.11. The third-order valence-electron chi connectivity index (χ3n) is 2.93. The summed E-state index contributed by atoms with van der Waals surface area (Å²) in [5.41, 5.74) is 3.10. The van der Waals surface area contributed by atoms with Crippen LogP contribution >= 0.6 is 11.6 Å². The van der Waals surface area contributed by atoms with E-state index >= 15 is 0 Å². The van der Waals surface area contributed by atoms with Gasteiger partial charge in [0.1, 0.15) is 5.15 Å². The van der Waals surface area contributed by atoms with Crippen LogP contribution in [-0.2, 0) is 20.0 Å². The fourth-order valence-electron chi connectivity index (χ4n) is 1.91. The van der Waals surface area contributed by atoms with E-state index in [0.717, 1.165) is 29.9 Å². The highest BCUT2D eigenvalue weighted by molar-refractivity contribution is 6.30. The lowest BCUT2D eigenvalue weighted by atomic mass is 10.2. The first kappa shape index (κ1) is 13.1. The molecule has 5 nitrogen and oxygen atoms in total. The van der Waals surface area contributed by atoms with Crippen LogP contribution in [0.25, 0.3) is 0 Å². The highest BCUT2D eigenvalue weighted by atomic mass is 35.5. The summed E-state index contributed by atoms with van der Waals surface area (Å²) >= 11 is 6.21. The van der Waals surface area contributed by atoms with Crippen LogP contribution in [0.5, 0.6) is 0 Å². The lowest BCUT2D eigenvalue weighted by molar-refractivity contribution is 0.756. The minimum atomic E-state index is 0.693. The van der Waals surface area contributed by atoms with Crippen molar-refractivity contribution >= 4 is 11.6 Å². The van der Waals surface area contributed by atoms with Gasteiger partial charge in [0, 0.05) is 31.8 Å². The Kier molecular flexibility index (Phi) is 4.04. The van der Waals surface area contributed by atoms with E-state index < -0.39 is 0 Å². The molecule has 2 rings (SSSR count). The summed E-state index contributed by atoms with van der Waals surface area (Å²) in [4.78, 5) is 4.37. The van der Waals surface area contributed by atoms with Crippen molar-refractivity contribution in [3.8, 4) is 0 Å². The van der Waals surface area contributed by atoms with Crippen molar-refractivity contribution in [2.24, 2.45) is 7.05 Å². The summed E-state index contributed by atoms with van der Waals surface area (Å²) in [6.07, 6.45) is 4.83. The molecular weight excluding hydrogens is 250 g/mol. The first-order chi connectivity index (χ1) is 8.61. The van der Waals surface area contributed by atoms with Crippen molar-refractivity contribution in [3.05, 3.63) is 34.6 Å². The van der Waals surface area contributed by atoms with Crippen molar-refractivity contribution in [1.82, 2.24) is 24.6 Å². The Hall–Kier alpha value is -1.33. The van der Waals surface area contributed by atoms with Gasteiger partial charge in [-0.3, -0.25) is 4.68 Å². The molecule has 98 valence electrons. The molecule has 0 aliphatic carbocycles. The van der Waals surface area contributed by atoms with Gasteiger partial charge in [-0.25, -0.2) is 4.98 Å². The van der Waals surface area contributed by atoms with Gasteiger partial charge in [-0.2, -0.15) is 5.10 Å². The van der Waals surface area contributed by atoms with Gasteiger partial charge in [-0.15, -0.1) is 0 Å². The van der Waals surface area contributed by atoms with Gasteiger partial charge in [0.25, 0.3) is 0 Å². The Morgan fingerprint density at radius 3 is 2.83 bits per heavy atom. The molecule has 0 atom stereocenters. The maximum atomic E-state index is 6.21. The molecule has 0 spiro atoms. The first-order valence-corrected chi connectivity index (χ1v) is 6.33. The number of hydrogen-bond donors (Lipinski definition) is 1. The lowest BCUT2D eigenvalue weighted by Gasteiger charge is -2.01. The molecule has 0 aromatic carbocycles. The molecular formula is C12H18ClN5. The monoisotopic (exact) mass is 267 g/mol. The molecule has 0 aliphatic heterocycles. The second kappa shape index (κ2) is 5.54. The number of likely N-dealkylation sites (N-methyl/N-ethyl adjacent to an activating group) is 1. The van der Waals surface area contributed by atoms with Gasteiger partial charge in [0.05, 0.1) is 24.3 Å². The second-order valence-corrected chi connectivity index (χ2v) is 4.73. The van der Waals surface area contributed by atoms with Crippen LogP contribution in [0.1, 0.15) is 17.0 Å². The molecule has 0 aliphatic rings. The smallest absolute Gasteiger partial charge is 0.131 e. The molecule has 0 saturated heterocycles. The van der Waals surface area contributed by atoms with Gasteiger partial charge >= 0.3 is 0 Å². The van der Waals surface area contributed by atoms with E-state index in [-0.39, 0.29) is 0 Å². The summed E-state index contributed by atoms with van der Waals surface area (Å²) in [7, 11) is 3.79. The first-order valence-electron chi connectivity index (χ1n) is 5.95. The standard InChI is InChI=1S/C12H18ClN5/c1-9-11(12(13)17(3)16-9)7-18-6-10(15-8-18)4-5-14-2/h6,8,14H,4-5,7H2,1-3H3. The molecule has 0 unspecified atom stereocenters. The molecule has 0 fully saturated rings. The average molecular weight is 268 g/mol. The van der Waals surface area contributed by atoms with Crippen LogP contribution < -0.4 is 5.32 Å². The number of aryl methyl sites for hydroxylation is 2. The van der Waals surface area contributed by atoms with Crippen molar-refractivity contribution in [1.29, 1.82) is 0 Å². The molecule has 18 heavy (non-hydrogen) atoms. The summed E-state index contributed by atoms with van der Waals surface area (Å²) in [6, 6.07) is 0. The number of nitrogens with one attached hydrogen (secondary N) is 1. The average Bonchev–Trinajstić information content (AvgIpc) is 2.88. The zero-order chi connectivity index (χ0) is 13.1. The van der Waals surface area contributed by atoms with Crippen LogP contribution in [0.3, 0.4) is 0 Å². The van der Waals surface area contributed by atoms with Crippen LogP contribution in [0, 0.1) is 6.92 Å². The zero-order valence-corrected chi connectivity index (χ0v) is 11.7. The predicted octanol–water partition coefficient (Wildman–Crippen LogP) is 1.39. The molecule has 1 N–H and O–H groups in total. The van der Waals surface area contributed by atoms with E-state index in [1.54, 1.807) is 4.68 Å². The maximum Gasteiger partial charge on any atom is 0.131 e. The van der Waals surface area contributed by atoms with E-state index in [9.17, 15) is 0 Å². The Bertz CT molecular complexity index is 529. The fourth-order valence-corrected chi connectivity index (χ4v) is 2.15. The third-order valence-corrected chi connectivity index (χ3v) is 3.40. The molecule has 0 bridgehead atoms. The third kappa shape index (κ3) is 2.73. The molecule has 0 amide bonds. The maximum absolute atomic E-state index is 6.21. The molecule has 2 aromatic heterocycles. The molecule has 2 aromatic rings. The second-order valence-electron chi connectivity index (χ2n) is 4.37. The van der Waals surface area contributed by atoms with Crippen LogP contribution in [0.4, 0.5) is 0 Å². The number of imidazole rings is 1. The van der Waals surface area contributed by atoms with Crippen molar-refractivity contribution < 1.29 is 0 Å². The summed E-state index contributed by atoms with van der Waals surface area (Å²) in [5.74, 6) is 0. The van der Waals surface area contributed by atoms with Gasteiger partial charge in [0.2, 0.25) is 0 Å². The number of rotatable bonds is 5. The summed E-state index contributed by atoms with van der Waals surface area (Å²) in [6.45, 7) is 3.62. The molecule has 2 heterocycles. The Morgan fingerprint density at radius 2 is 2.22 bits per heavy atom. The quantitative estimate of drug-likeness (QED) is 0.891. The highest BCUT2D eigenvalue weighted by Gasteiger charge is 2.11. The predicted molar refractivity (Wildman–Crippen MR) is 71.9 cm³/mol. The lowest BCUT2D eigenvalue weighted by Crippen LogP contribution is -2.10. The fraction of sp³-hybridized carbons (Fsp3) is 0.500. The largest absolute Gasteiger partial charge is 0.333 e. The van der Waals surface area contributed by atoms with E-state index in [0.29, 0.717) is 11.7 Å². The van der Waals surface area contributed by atoms with Crippen LogP contribution in [-0.4, -0.2) is 32.9 Å². The van der Waals surface area contributed by atoms with E-state index in [1.165, 1.54) is 0 Å². The van der Waals surface area contributed by atoms with Crippen molar-refractivity contribution in [2.75, 3.05) is 13.6 Å². The van der Waals surface area contributed by atoms with Crippen molar-refractivity contribution in [3.63, 3.8) is 0 Å². The SMILES string of the molecule is CNCCc1cn(Cc2c(C)nn(C)c2Cl)cn1. The number of hydrogen-bond acceptors (Lipinski definition) is 3. The van der Waals surface area contributed by atoms with E-state index in [4.69, 9.17) is 11.6 Å².